The number of ether oxygens (including phenoxy) is 1. The minimum absolute atomic E-state index is 0. The average molecular weight is 210 g/mol. The zero-order valence-corrected chi connectivity index (χ0v) is 8.89. The van der Waals surface area contributed by atoms with Crippen LogP contribution in [0.4, 0.5) is 0 Å². The maximum Gasteiger partial charge on any atom is 0.330 e. The highest BCUT2D eigenvalue weighted by Gasteiger charge is 2.22. The van der Waals surface area contributed by atoms with Crippen molar-refractivity contribution in [1.82, 2.24) is 0 Å². The Kier molecular flexibility index (Phi) is 7.85. The van der Waals surface area contributed by atoms with E-state index in [9.17, 15) is 9.59 Å². The van der Waals surface area contributed by atoms with E-state index in [-0.39, 0.29) is 24.1 Å². The third-order valence-electron chi connectivity index (χ3n) is 1.41. The molecule has 0 saturated heterocycles. The summed E-state index contributed by atoms with van der Waals surface area (Å²) < 4.78 is 4.33. The van der Waals surface area contributed by atoms with Gasteiger partial charge in [-0.1, -0.05) is 13.8 Å². The second-order valence-corrected chi connectivity index (χ2v) is 3.07. The van der Waals surface area contributed by atoms with E-state index in [1.807, 2.05) is 13.8 Å². The van der Waals surface area contributed by atoms with E-state index in [0.717, 1.165) is 0 Å². The van der Waals surface area contributed by atoms with E-state index >= 15 is 0 Å². The van der Waals surface area contributed by atoms with Crippen LogP contribution in [-0.2, 0) is 14.3 Å². The van der Waals surface area contributed by atoms with Crippen LogP contribution in [0.25, 0.3) is 0 Å². The van der Waals surface area contributed by atoms with Gasteiger partial charge in [-0.3, -0.25) is 4.79 Å². The molecular weight excluding hydrogens is 194 g/mol. The molecule has 0 fully saturated rings. The third-order valence-corrected chi connectivity index (χ3v) is 1.41. The normalized spacial score (nSPS) is 11.8. The topological polar surface area (TPSA) is 69.4 Å². The molecule has 0 radical (unpaired) electrons. The molecule has 5 heteroatoms. The van der Waals surface area contributed by atoms with Gasteiger partial charge in [0.15, 0.2) is 11.8 Å². The molecule has 4 nitrogen and oxygen atoms in total. The number of carbonyl (C=O) groups excluding carboxylic acids is 2. The fourth-order valence-electron chi connectivity index (χ4n) is 0.788. The molecule has 0 aromatic carbocycles. The SMILES string of the molecule is COC(=O)C(N)C(=O)CC(C)C.Cl. The second kappa shape index (κ2) is 6.86. The van der Waals surface area contributed by atoms with E-state index < -0.39 is 12.0 Å². The van der Waals surface area contributed by atoms with Gasteiger partial charge in [-0.25, -0.2) is 4.79 Å². The number of rotatable bonds is 4. The van der Waals surface area contributed by atoms with Crippen molar-refractivity contribution in [2.75, 3.05) is 7.11 Å². The lowest BCUT2D eigenvalue weighted by Crippen LogP contribution is -2.39. The van der Waals surface area contributed by atoms with Crippen molar-refractivity contribution in [3.63, 3.8) is 0 Å². The standard InChI is InChI=1S/C8H15NO3.ClH/c1-5(2)4-6(10)7(9)8(11)12-3;/h5,7H,4,9H2,1-3H3;1H. The molecule has 78 valence electrons. The molecule has 0 aromatic rings. The van der Waals surface area contributed by atoms with Crippen molar-refractivity contribution in [1.29, 1.82) is 0 Å². The second-order valence-electron chi connectivity index (χ2n) is 3.07. The highest BCUT2D eigenvalue weighted by Crippen LogP contribution is 2.02. The first-order valence-corrected chi connectivity index (χ1v) is 3.85. The quantitative estimate of drug-likeness (QED) is 0.542. The summed E-state index contributed by atoms with van der Waals surface area (Å²) in [4.78, 5) is 21.9. The Bertz CT molecular complexity index is 182. The molecule has 0 spiro atoms. The highest BCUT2D eigenvalue weighted by molar-refractivity contribution is 6.02. The van der Waals surface area contributed by atoms with Gasteiger partial charge in [0, 0.05) is 6.42 Å². The lowest BCUT2D eigenvalue weighted by Gasteiger charge is -2.09. The molecule has 0 bridgehead atoms. The Hall–Kier alpha value is -0.610. The predicted octanol–water partition coefficient (Wildman–Crippen LogP) is 0.524. The largest absolute Gasteiger partial charge is 0.468 e. The zero-order valence-electron chi connectivity index (χ0n) is 8.07. The number of methoxy groups -OCH3 is 1. The summed E-state index contributed by atoms with van der Waals surface area (Å²) in [6.07, 6.45) is 0.316. The van der Waals surface area contributed by atoms with Crippen LogP contribution in [0, 0.1) is 5.92 Å². The first-order valence-electron chi connectivity index (χ1n) is 3.85. The number of hydrogen-bond donors (Lipinski definition) is 1. The minimum Gasteiger partial charge on any atom is -0.468 e. The number of esters is 1. The van der Waals surface area contributed by atoms with Gasteiger partial charge in [0.1, 0.15) is 0 Å². The van der Waals surface area contributed by atoms with Gasteiger partial charge >= 0.3 is 5.97 Å². The zero-order chi connectivity index (χ0) is 9.72. The smallest absolute Gasteiger partial charge is 0.330 e. The molecule has 0 saturated carbocycles. The molecule has 0 amide bonds. The number of hydrogen-bond acceptors (Lipinski definition) is 4. The third kappa shape index (κ3) is 5.60. The van der Waals surface area contributed by atoms with E-state index in [2.05, 4.69) is 4.74 Å². The lowest BCUT2D eigenvalue weighted by molar-refractivity contribution is -0.145. The fraction of sp³-hybridized carbons (Fsp3) is 0.750. The summed E-state index contributed by atoms with van der Waals surface area (Å²) >= 11 is 0. The van der Waals surface area contributed by atoms with Crippen LogP contribution in [0.5, 0.6) is 0 Å². The van der Waals surface area contributed by atoms with Crippen LogP contribution in [0.1, 0.15) is 20.3 Å². The van der Waals surface area contributed by atoms with Crippen LogP contribution >= 0.6 is 12.4 Å². The predicted molar refractivity (Wildman–Crippen MR) is 51.7 cm³/mol. The Labute approximate surface area is 84.2 Å². The van der Waals surface area contributed by atoms with Gasteiger partial charge in [-0.2, -0.15) is 0 Å². The van der Waals surface area contributed by atoms with Crippen molar-refractivity contribution in [2.45, 2.75) is 26.3 Å². The maximum absolute atomic E-state index is 11.1. The number of nitrogens with two attached hydrogens (primary N) is 1. The molecule has 0 aliphatic rings. The van der Waals surface area contributed by atoms with Crippen LogP contribution in [0.2, 0.25) is 0 Å². The summed E-state index contributed by atoms with van der Waals surface area (Å²) in [5.74, 6) is -0.717. The van der Waals surface area contributed by atoms with Gasteiger partial charge in [0.2, 0.25) is 0 Å². The van der Waals surface area contributed by atoms with Gasteiger partial charge in [-0.15, -0.1) is 12.4 Å². The monoisotopic (exact) mass is 209 g/mol. The van der Waals surface area contributed by atoms with Crippen molar-refractivity contribution < 1.29 is 14.3 Å². The van der Waals surface area contributed by atoms with E-state index in [0.29, 0.717) is 6.42 Å². The van der Waals surface area contributed by atoms with E-state index in [1.165, 1.54) is 7.11 Å². The number of halogens is 1. The highest BCUT2D eigenvalue weighted by atomic mass is 35.5. The molecule has 0 aliphatic carbocycles. The summed E-state index contributed by atoms with van der Waals surface area (Å²) in [7, 11) is 1.21. The van der Waals surface area contributed by atoms with Gasteiger partial charge in [-0.05, 0) is 5.92 Å². The maximum atomic E-state index is 11.1. The van der Waals surface area contributed by atoms with Crippen molar-refractivity contribution in [2.24, 2.45) is 11.7 Å². The molecular formula is C8H16ClNO3. The number of carbonyl (C=O) groups is 2. The van der Waals surface area contributed by atoms with Crippen LogP contribution in [0.3, 0.4) is 0 Å². The summed E-state index contributed by atoms with van der Waals surface area (Å²) in [5.41, 5.74) is 5.30. The van der Waals surface area contributed by atoms with Gasteiger partial charge < -0.3 is 10.5 Å². The first kappa shape index (κ1) is 14.9. The Morgan fingerprint density at radius 2 is 1.85 bits per heavy atom. The molecule has 13 heavy (non-hydrogen) atoms. The molecule has 0 heterocycles. The van der Waals surface area contributed by atoms with Gasteiger partial charge in [0.05, 0.1) is 7.11 Å². The molecule has 0 rings (SSSR count). The van der Waals surface area contributed by atoms with Crippen molar-refractivity contribution >= 4 is 24.2 Å². The molecule has 0 aromatic heterocycles. The van der Waals surface area contributed by atoms with E-state index in [1.54, 1.807) is 0 Å². The lowest BCUT2D eigenvalue weighted by atomic mass is 10.0. The summed E-state index contributed by atoms with van der Waals surface area (Å²) in [6, 6.07) is -1.11. The van der Waals surface area contributed by atoms with Crippen molar-refractivity contribution in [3.05, 3.63) is 0 Å². The molecule has 1 unspecified atom stereocenters. The Morgan fingerprint density at radius 3 is 2.15 bits per heavy atom. The fourth-order valence-corrected chi connectivity index (χ4v) is 0.788. The van der Waals surface area contributed by atoms with Crippen LogP contribution in [0.15, 0.2) is 0 Å². The number of ketones is 1. The van der Waals surface area contributed by atoms with Gasteiger partial charge in [0.25, 0.3) is 0 Å². The molecule has 2 N–H and O–H groups in total. The average Bonchev–Trinajstić information content (AvgIpc) is 2.00. The first-order chi connectivity index (χ1) is 5.49. The molecule has 1 atom stereocenters. The van der Waals surface area contributed by atoms with E-state index in [4.69, 9.17) is 5.73 Å². The van der Waals surface area contributed by atoms with Crippen LogP contribution < -0.4 is 5.73 Å². The number of Topliss-reactive ketones (excluding diaryl/α,β-unsaturated/α-hetero) is 1. The van der Waals surface area contributed by atoms with Crippen LogP contribution in [-0.4, -0.2) is 24.9 Å². The van der Waals surface area contributed by atoms with Crippen molar-refractivity contribution in [3.8, 4) is 0 Å². The summed E-state index contributed by atoms with van der Waals surface area (Å²) in [5, 5.41) is 0. The summed E-state index contributed by atoms with van der Waals surface area (Å²) in [6.45, 7) is 3.78. The Morgan fingerprint density at radius 1 is 1.38 bits per heavy atom. The Balaban J connectivity index is 0. The molecule has 0 aliphatic heterocycles. The minimum atomic E-state index is -1.11.